The van der Waals surface area contributed by atoms with E-state index in [4.69, 9.17) is 4.65 Å². The summed E-state index contributed by atoms with van der Waals surface area (Å²) < 4.78 is 8.79. The Labute approximate surface area is 192 Å². The molecule has 0 amide bonds. The smallest absolute Gasteiger partial charge is 0.309 e. The molecule has 5 aromatic rings. The highest BCUT2D eigenvalue weighted by Gasteiger charge is 2.35. The Hall–Kier alpha value is -2.66. The Kier molecular flexibility index (Phi) is 4.17. The highest BCUT2D eigenvalue weighted by Crippen LogP contribution is 2.51. The van der Waals surface area contributed by atoms with Crippen molar-refractivity contribution < 1.29 is 9.76 Å². The number of thiophene rings is 1. The summed E-state index contributed by atoms with van der Waals surface area (Å²) in [6.45, 7) is 7.47. The first-order valence-corrected chi connectivity index (χ1v) is 11.9. The largest absolute Gasteiger partial charge is 0.427 e. The van der Waals surface area contributed by atoms with Gasteiger partial charge < -0.3 is 9.76 Å². The molecule has 0 atom stereocenters. The van der Waals surface area contributed by atoms with Gasteiger partial charge in [-0.15, -0.1) is 11.3 Å². The standard InChI is InChI=1S/C28H25BO2S/c1-27(2,30)28(3,4)31-29-16-12-13-24-21(14-16)23-15-22-18-9-6-5-8-17(18)19-10-7-11-20(25(19)22)26(23)32-24/h5-15,29-30H,1-4H3. The van der Waals surface area contributed by atoms with Crippen molar-refractivity contribution in [3.63, 3.8) is 0 Å². The van der Waals surface area contributed by atoms with Crippen molar-refractivity contribution in [1.82, 2.24) is 0 Å². The van der Waals surface area contributed by atoms with Crippen LogP contribution in [0.25, 0.3) is 53.2 Å². The van der Waals surface area contributed by atoms with E-state index in [1.807, 2.05) is 25.2 Å². The van der Waals surface area contributed by atoms with Crippen LogP contribution in [0.1, 0.15) is 27.7 Å². The van der Waals surface area contributed by atoms with E-state index < -0.39 is 11.2 Å². The average Bonchev–Trinajstić information content (AvgIpc) is 3.29. The normalized spacial score (nSPS) is 13.3. The van der Waals surface area contributed by atoms with Gasteiger partial charge in [-0.25, -0.2) is 0 Å². The molecule has 32 heavy (non-hydrogen) atoms. The molecule has 0 spiro atoms. The SMILES string of the molecule is CC(C)(O)C(C)(C)OBc1ccc2sc3c4cccc5c4c(cc3c2c1)-c1ccccc1-5. The van der Waals surface area contributed by atoms with E-state index in [1.165, 1.54) is 53.2 Å². The van der Waals surface area contributed by atoms with Crippen LogP contribution in [0.4, 0.5) is 0 Å². The monoisotopic (exact) mass is 436 g/mol. The molecule has 0 aliphatic heterocycles. The van der Waals surface area contributed by atoms with Gasteiger partial charge >= 0.3 is 7.48 Å². The van der Waals surface area contributed by atoms with Gasteiger partial charge in [0.05, 0.1) is 11.2 Å². The highest BCUT2D eigenvalue weighted by molar-refractivity contribution is 7.26. The maximum Gasteiger partial charge on any atom is 0.309 e. The van der Waals surface area contributed by atoms with Crippen molar-refractivity contribution >= 4 is 55.2 Å². The molecule has 158 valence electrons. The Morgan fingerprint density at radius 1 is 0.750 bits per heavy atom. The van der Waals surface area contributed by atoms with E-state index in [9.17, 15) is 5.11 Å². The molecule has 1 N–H and O–H groups in total. The van der Waals surface area contributed by atoms with Gasteiger partial charge in [0.2, 0.25) is 0 Å². The Bertz CT molecular complexity index is 1540. The summed E-state index contributed by atoms with van der Waals surface area (Å²) in [5.41, 5.74) is 4.91. The lowest BCUT2D eigenvalue weighted by Gasteiger charge is -2.37. The molecular formula is C28H25BO2S. The van der Waals surface area contributed by atoms with Gasteiger partial charge in [-0.3, -0.25) is 0 Å². The first-order chi connectivity index (χ1) is 15.2. The molecule has 4 heteroatoms. The van der Waals surface area contributed by atoms with Crippen LogP contribution in [-0.4, -0.2) is 23.8 Å². The van der Waals surface area contributed by atoms with Gasteiger partial charge in [-0.1, -0.05) is 60.1 Å². The molecule has 1 aliphatic rings. The van der Waals surface area contributed by atoms with E-state index in [-0.39, 0.29) is 0 Å². The molecule has 1 aromatic heterocycles. The Morgan fingerprint density at radius 3 is 2.22 bits per heavy atom. The zero-order valence-corrected chi connectivity index (χ0v) is 19.6. The predicted octanol–water partition coefficient (Wildman–Crippen LogP) is 6.40. The Morgan fingerprint density at radius 2 is 1.47 bits per heavy atom. The van der Waals surface area contributed by atoms with Crippen molar-refractivity contribution in [2.75, 3.05) is 0 Å². The maximum atomic E-state index is 10.4. The average molecular weight is 436 g/mol. The van der Waals surface area contributed by atoms with E-state index in [0.29, 0.717) is 7.48 Å². The van der Waals surface area contributed by atoms with Crippen LogP contribution < -0.4 is 5.46 Å². The first kappa shape index (κ1) is 20.0. The van der Waals surface area contributed by atoms with Gasteiger partial charge in [0, 0.05) is 20.2 Å². The quantitative estimate of drug-likeness (QED) is 0.324. The lowest BCUT2D eigenvalue weighted by Crippen LogP contribution is -2.49. The minimum absolute atomic E-state index is 0.470. The molecule has 0 fully saturated rings. The lowest BCUT2D eigenvalue weighted by atomic mass is 9.82. The second-order valence-electron chi connectivity index (χ2n) is 9.87. The van der Waals surface area contributed by atoms with E-state index in [2.05, 4.69) is 66.7 Å². The first-order valence-electron chi connectivity index (χ1n) is 11.1. The number of hydrogen-bond acceptors (Lipinski definition) is 3. The third-order valence-corrected chi connectivity index (χ3v) is 8.46. The fraction of sp³-hybridized carbons (Fsp3) is 0.214. The zero-order chi connectivity index (χ0) is 22.3. The molecule has 0 unspecified atom stereocenters. The fourth-order valence-electron chi connectivity index (χ4n) is 4.68. The number of rotatable bonds is 4. The third-order valence-electron chi connectivity index (χ3n) is 7.24. The van der Waals surface area contributed by atoms with Gasteiger partial charge in [0.1, 0.15) is 0 Å². The molecule has 2 nitrogen and oxygen atoms in total. The van der Waals surface area contributed by atoms with Crippen molar-refractivity contribution in [1.29, 1.82) is 0 Å². The summed E-state index contributed by atoms with van der Waals surface area (Å²) in [5, 5.41) is 15.7. The lowest BCUT2D eigenvalue weighted by molar-refractivity contribution is -0.0893. The fourth-order valence-corrected chi connectivity index (χ4v) is 5.87. The summed E-state index contributed by atoms with van der Waals surface area (Å²) in [5.74, 6) is 0. The number of hydrogen-bond donors (Lipinski definition) is 1. The van der Waals surface area contributed by atoms with Gasteiger partial charge in [0.25, 0.3) is 0 Å². The minimum Gasteiger partial charge on any atom is -0.427 e. The summed E-state index contributed by atoms with van der Waals surface area (Å²) in [4.78, 5) is 0. The van der Waals surface area contributed by atoms with Crippen molar-refractivity contribution in [2.24, 2.45) is 0 Å². The topological polar surface area (TPSA) is 29.5 Å². The third kappa shape index (κ3) is 2.80. The molecular weight excluding hydrogens is 411 g/mol. The second kappa shape index (κ2) is 6.68. The number of aliphatic hydroxyl groups is 1. The molecule has 1 heterocycles. The second-order valence-corrected chi connectivity index (χ2v) is 10.9. The van der Waals surface area contributed by atoms with Crippen molar-refractivity contribution in [3.8, 4) is 22.3 Å². The van der Waals surface area contributed by atoms with Crippen LogP contribution in [0.15, 0.2) is 66.7 Å². The highest BCUT2D eigenvalue weighted by atomic mass is 32.1. The summed E-state index contributed by atoms with van der Waals surface area (Å²) in [6, 6.07) is 24.4. The number of benzene rings is 4. The van der Waals surface area contributed by atoms with Crippen LogP contribution >= 0.6 is 11.3 Å². The van der Waals surface area contributed by atoms with Crippen LogP contribution in [-0.2, 0) is 4.65 Å². The molecule has 6 rings (SSSR count). The van der Waals surface area contributed by atoms with Crippen molar-refractivity contribution in [2.45, 2.75) is 38.9 Å². The van der Waals surface area contributed by atoms with Gasteiger partial charge in [-0.05, 0) is 72.9 Å². The van der Waals surface area contributed by atoms with Crippen LogP contribution in [0.5, 0.6) is 0 Å². The summed E-state index contributed by atoms with van der Waals surface area (Å²) in [6.07, 6.45) is 0. The van der Waals surface area contributed by atoms with Crippen LogP contribution in [0, 0.1) is 0 Å². The summed E-state index contributed by atoms with van der Waals surface area (Å²) >= 11 is 1.87. The predicted molar refractivity (Wildman–Crippen MR) is 140 cm³/mol. The zero-order valence-electron chi connectivity index (χ0n) is 18.8. The molecule has 0 saturated heterocycles. The van der Waals surface area contributed by atoms with E-state index in [0.717, 1.165) is 5.46 Å². The molecule has 1 aliphatic carbocycles. The van der Waals surface area contributed by atoms with Crippen LogP contribution in [0.3, 0.4) is 0 Å². The van der Waals surface area contributed by atoms with Gasteiger partial charge in [0.15, 0.2) is 0 Å². The molecule has 0 bridgehead atoms. The molecule has 4 aromatic carbocycles. The van der Waals surface area contributed by atoms with E-state index in [1.54, 1.807) is 13.8 Å². The molecule has 0 saturated carbocycles. The van der Waals surface area contributed by atoms with Gasteiger partial charge in [-0.2, -0.15) is 0 Å². The minimum atomic E-state index is -0.916. The van der Waals surface area contributed by atoms with Crippen LogP contribution in [0.2, 0.25) is 0 Å². The Balaban J connectivity index is 1.53. The molecule has 0 radical (unpaired) electrons. The summed E-state index contributed by atoms with van der Waals surface area (Å²) in [7, 11) is 0.470. The van der Waals surface area contributed by atoms with E-state index >= 15 is 0 Å². The number of fused-ring (bicyclic) bond motifs is 7. The van der Waals surface area contributed by atoms with Crippen molar-refractivity contribution in [3.05, 3.63) is 66.7 Å². The maximum absolute atomic E-state index is 10.4.